The van der Waals surface area contributed by atoms with Gasteiger partial charge in [0.1, 0.15) is 5.75 Å². The third-order valence-corrected chi connectivity index (χ3v) is 4.21. The van der Waals surface area contributed by atoms with E-state index in [4.69, 9.17) is 4.74 Å². The summed E-state index contributed by atoms with van der Waals surface area (Å²) < 4.78 is 5.23. The summed E-state index contributed by atoms with van der Waals surface area (Å²) in [6, 6.07) is 7.36. The lowest BCUT2D eigenvalue weighted by molar-refractivity contribution is -0.116. The quantitative estimate of drug-likeness (QED) is 0.648. The van der Waals surface area contributed by atoms with Gasteiger partial charge in [-0.25, -0.2) is 0 Å². The van der Waals surface area contributed by atoms with Crippen LogP contribution in [0.2, 0.25) is 0 Å². The molecule has 1 aromatic rings. The van der Waals surface area contributed by atoms with Crippen molar-refractivity contribution in [2.24, 2.45) is 11.3 Å². The lowest BCUT2D eigenvalue weighted by Crippen LogP contribution is -2.44. The number of anilines is 1. The van der Waals surface area contributed by atoms with Gasteiger partial charge in [-0.05, 0) is 25.0 Å². The van der Waals surface area contributed by atoms with Crippen LogP contribution >= 0.6 is 0 Å². The van der Waals surface area contributed by atoms with Gasteiger partial charge in [0.05, 0.1) is 18.9 Å². The Morgan fingerprint density at radius 1 is 1.25 bits per heavy atom. The molecule has 0 aromatic heterocycles. The molecule has 0 aliphatic carbocycles. The second-order valence-electron chi connectivity index (χ2n) is 7.41. The number of aliphatic hydroxyl groups is 1. The zero-order valence-electron chi connectivity index (χ0n) is 15.7. The average molecular weight is 336 g/mol. The van der Waals surface area contributed by atoms with Crippen LogP contribution in [0.15, 0.2) is 24.3 Å². The molecule has 2 atom stereocenters. The van der Waals surface area contributed by atoms with Crippen molar-refractivity contribution in [2.45, 2.75) is 53.2 Å². The molecule has 2 unspecified atom stereocenters. The molecular weight excluding hydrogens is 304 g/mol. The number of aliphatic hydroxyl groups excluding tert-OH is 1. The molecule has 0 heterocycles. The predicted molar refractivity (Wildman–Crippen MR) is 98.3 cm³/mol. The molecule has 5 nitrogen and oxygen atoms in total. The lowest BCUT2D eigenvalue weighted by Gasteiger charge is -2.34. The predicted octanol–water partition coefficient (Wildman–Crippen LogP) is 3.05. The van der Waals surface area contributed by atoms with Gasteiger partial charge in [0.15, 0.2) is 0 Å². The van der Waals surface area contributed by atoms with Crippen molar-refractivity contribution in [1.82, 2.24) is 5.32 Å². The summed E-state index contributed by atoms with van der Waals surface area (Å²) in [5.74, 6) is 0.778. The molecule has 5 heteroatoms. The van der Waals surface area contributed by atoms with Crippen LogP contribution < -0.4 is 15.4 Å². The Hall–Kier alpha value is -1.59. The van der Waals surface area contributed by atoms with Crippen LogP contribution in [-0.4, -0.2) is 36.8 Å². The van der Waals surface area contributed by atoms with Crippen molar-refractivity contribution in [1.29, 1.82) is 0 Å². The zero-order chi connectivity index (χ0) is 18.3. The van der Waals surface area contributed by atoms with E-state index in [0.29, 0.717) is 24.4 Å². The first kappa shape index (κ1) is 20.5. The summed E-state index contributed by atoms with van der Waals surface area (Å²) in [4.78, 5) is 12.2. The largest absolute Gasteiger partial charge is 0.495 e. The fourth-order valence-corrected chi connectivity index (χ4v) is 2.74. The minimum Gasteiger partial charge on any atom is -0.495 e. The van der Waals surface area contributed by atoms with E-state index >= 15 is 0 Å². The molecule has 0 saturated heterocycles. The standard InChI is InChI=1S/C19H32N2O3/c1-13(2)18(23)19(4,5)12-20-14(3)11-17(22)21-15-9-7-8-10-16(15)24-6/h7-10,13-14,18,20,23H,11-12H2,1-6H3,(H,21,22). The molecule has 1 amide bonds. The summed E-state index contributed by atoms with van der Waals surface area (Å²) in [6.45, 7) is 10.7. The molecule has 0 fully saturated rings. The summed E-state index contributed by atoms with van der Waals surface area (Å²) in [5.41, 5.74) is 0.425. The van der Waals surface area contributed by atoms with Crippen LogP contribution in [0.3, 0.4) is 0 Å². The Labute approximate surface area is 145 Å². The molecule has 0 bridgehead atoms. The Balaban J connectivity index is 2.50. The molecule has 0 aliphatic rings. The number of hydrogen-bond acceptors (Lipinski definition) is 4. The number of hydrogen-bond donors (Lipinski definition) is 3. The Bertz CT molecular complexity index is 529. The van der Waals surface area contributed by atoms with Gasteiger partial charge in [0.2, 0.25) is 5.91 Å². The molecule has 0 saturated carbocycles. The second kappa shape index (κ2) is 9.04. The van der Waals surface area contributed by atoms with E-state index < -0.39 is 0 Å². The van der Waals surface area contributed by atoms with E-state index in [0.717, 1.165) is 0 Å². The van der Waals surface area contributed by atoms with Gasteiger partial charge in [0.25, 0.3) is 0 Å². The SMILES string of the molecule is COc1ccccc1NC(=O)CC(C)NCC(C)(C)C(O)C(C)C. The van der Waals surface area contributed by atoms with Crippen LogP contribution in [-0.2, 0) is 4.79 Å². The number of rotatable bonds is 9. The number of amides is 1. The Morgan fingerprint density at radius 3 is 2.46 bits per heavy atom. The first-order chi connectivity index (χ1) is 11.2. The number of benzene rings is 1. The van der Waals surface area contributed by atoms with Gasteiger partial charge < -0.3 is 20.5 Å². The highest BCUT2D eigenvalue weighted by molar-refractivity contribution is 5.92. The van der Waals surface area contributed by atoms with Gasteiger partial charge in [0, 0.05) is 24.4 Å². The Kier molecular flexibility index (Phi) is 7.70. The maximum atomic E-state index is 12.2. The molecular formula is C19H32N2O3. The summed E-state index contributed by atoms with van der Waals surface area (Å²) >= 11 is 0. The van der Waals surface area contributed by atoms with Gasteiger partial charge >= 0.3 is 0 Å². The fourth-order valence-electron chi connectivity index (χ4n) is 2.74. The van der Waals surface area contributed by atoms with Gasteiger partial charge in [-0.1, -0.05) is 39.8 Å². The van der Waals surface area contributed by atoms with Crippen molar-refractivity contribution in [3.8, 4) is 5.75 Å². The van der Waals surface area contributed by atoms with E-state index in [-0.39, 0.29) is 29.4 Å². The topological polar surface area (TPSA) is 70.6 Å². The highest BCUT2D eigenvalue weighted by atomic mass is 16.5. The molecule has 1 aromatic carbocycles. The normalized spacial score (nSPS) is 14.3. The molecule has 0 radical (unpaired) electrons. The summed E-state index contributed by atoms with van der Waals surface area (Å²) in [7, 11) is 1.58. The van der Waals surface area contributed by atoms with Crippen LogP contribution in [0.5, 0.6) is 5.75 Å². The third-order valence-electron chi connectivity index (χ3n) is 4.21. The number of carbonyl (C=O) groups excluding carboxylic acids is 1. The second-order valence-corrected chi connectivity index (χ2v) is 7.41. The molecule has 0 spiro atoms. The number of para-hydroxylation sites is 2. The van der Waals surface area contributed by atoms with Gasteiger partial charge in [-0.3, -0.25) is 4.79 Å². The van der Waals surface area contributed by atoms with Gasteiger partial charge in [-0.15, -0.1) is 0 Å². The first-order valence-corrected chi connectivity index (χ1v) is 8.51. The van der Waals surface area contributed by atoms with Crippen molar-refractivity contribution in [2.75, 3.05) is 19.0 Å². The van der Waals surface area contributed by atoms with Crippen molar-refractivity contribution >= 4 is 11.6 Å². The number of nitrogens with one attached hydrogen (secondary N) is 2. The zero-order valence-corrected chi connectivity index (χ0v) is 15.7. The van der Waals surface area contributed by atoms with E-state index in [2.05, 4.69) is 10.6 Å². The van der Waals surface area contributed by atoms with E-state index in [9.17, 15) is 9.90 Å². The van der Waals surface area contributed by atoms with Crippen LogP contribution in [0.25, 0.3) is 0 Å². The van der Waals surface area contributed by atoms with E-state index in [1.807, 2.05) is 58.9 Å². The van der Waals surface area contributed by atoms with Crippen LogP contribution in [0.1, 0.15) is 41.0 Å². The minimum absolute atomic E-state index is 0.0124. The Morgan fingerprint density at radius 2 is 1.88 bits per heavy atom. The smallest absolute Gasteiger partial charge is 0.226 e. The monoisotopic (exact) mass is 336 g/mol. The maximum Gasteiger partial charge on any atom is 0.226 e. The molecule has 0 aliphatic heterocycles. The molecule has 1 rings (SSSR count). The van der Waals surface area contributed by atoms with Crippen LogP contribution in [0, 0.1) is 11.3 Å². The molecule has 136 valence electrons. The maximum absolute atomic E-state index is 12.2. The number of carbonyl (C=O) groups is 1. The summed E-state index contributed by atoms with van der Waals surface area (Å²) in [6.07, 6.45) is -0.0362. The highest BCUT2D eigenvalue weighted by Gasteiger charge is 2.30. The minimum atomic E-state index is -0.389. The van der Waals surface area contributed by atoms with Gasteiger partial charge in [-0.2, -0.15) is 0 Å². The first-order valence-electron chi connectivity index (χ1n) is 8.51. The summed E-state index contributed by atoms with van der Waals surface area (Å²) in [5, 5.41) is 16.5. The number of ether oxygens (including phenoxy) is 1. The third kappa shape index (κ3) is 6.13. The lowest BCUT2D eigenvalue weighted by atomic mass is 9.80. The average Bonchev–Trinajstić information content (AvgIpc) is 2.52. The highest BCUT2D eigenvalue weighted by Crippen LogP contribution is 2.26. The van der Waals surface area contributed by atoms with Crippen molar-refractivity contribution in [3.05, 3.63) is 24.3 Å². The van der Waals surface area contributed by atoms with Crippen molar-refractivity contribution in [3.63, 3.8) is 0 Å². The van der Waals surface area contributed by atoms with Crippen molar-refractivity contribution < 1.29 is 14.6 Å². The van der Waals surface area contributed by atoms with Crippen LogP contribution in [0.4, 0.5) is 5.69 Å². The van der Waals surface area contributed by atoms with E-state index in [1.54, 1.807) is 7.11 Å². The van der Waals surface area contributed by atoms with E-state index in [1.165, 1.54) is 0 Å². The molecule has 24 heavy (non-hydrogen) atoms. The number of methoxy groups -OCH3 is 1. The molecule has 3 N–H and O–H groups in total. The fraction of sp³-hybridized carbons (Fsp3) is 0.632.